The third-order valence-electron chi connectivity index (χ3n) is 2.29. The molecule has 1 saturated heterocycles. The van der Waals surface area contributed by atoms with E-state index in [-0.39, 0.29) is 11.0 Å². The van der Waals surface area contributed by atoms with Crippen molar-refractivity contribution in [1.29, 1.82) is 0 Å². The number of sulfone groups is 1. The molecule has 1 aliphatic heterocycles. The van der Waals surface area contributed by atoms with Crippen LogP contribution in [0.4, 0.5) is 0 Å². The number of thiocarbonyl (C=S) groups is 1. The first-order chi connectivity index (χ1) is 6.81. The minimum atomic E-state index is -3.29. The highest BCUT2D eigenvalue weighted by molar-refractivity contribution is 7.91. The lowest BCUT2D eigenvalue weighted by Gasteiger charge is -2.23. The molecule has 0 aromatic rings. The number of hydrogen-bond acceptors (Lipinski definition) is 4. The molecule has 1 atom stereocenters. The molecule has 1 rings (SSSR count). The van der Waals surface area contributed by atoms with Crippen LogP contribution in [-0.2, 0) is 14.6 Å². The summed E-state index contributed by atoms with van der Waals surface area (Å²) in [4.78, 5) is 13.3. The zero-order valence-corrected chi connectivity index (χ0v) is 10.1. The van der Waals surface area contributed by atoms with Gasteiger partial charge in [-0.05, 0) is 12.8 Å². The number of carbonyl (C=O) groups is 1. The molecule has 0 radical (unpaired) electrons. The summed E-state index contributed by atoms with van der Waals surface area (Å²) in [6, 6.07) is -0.269. The summed E-state index contributed by atoms with van der Waals surface area (Å²) < 4.78 is 21.9. The van der Waals surface area contributed by atoms with Crippen molar-refractivity contribution >= 4 is 33.0 Å². The summed E-state index contributed by atoms with van der Waals surface area (Å²) in [5.74, 6) is -0.876. The van der Waals surface area contributed by atoms with Gasteiger partial charge in [-0.2, -0.15) is 0 Å². The number of nitrogens with two attached hydrogens (primary N) is 1. The molecule has 0 aliphatic carbocycles. The Labute approximate surface area is 94.5 Å². The average molecular weight is 250 g/mol. The normalized spacial score (nSPS) is 21.7. The zero-order valence-electron chi connectivity index (χ0n) is 8.47. The van der Waals surface area contributed by atoms with Gasteiger partial charge >= 0.3 is 0 Å². The lowest BCUT2D eigenvalue weighted by Crippen LogP contribution is -2.44. The summed E-state index contributed by atoms with van der Waals surface area (Å²) in [6.07, 6.45) is 2.58. The first-order valence-corrected chi connectivity index (χ1v) is 7.04. The monoisotopic (exact) mass is 250 g/mol. The highest BCUT2D eigenvalue weighted by Crippen LogP contribution is 2.17. The molecule has 1 unspecified atom stereocenters. The van der Waals surface area contributed by atoms with Crippen LogP contribution in [0.25, 0.3) is 0 Å². The van der Waals surface area contributed by atoms with E-state index in [1.807, 2.05) is 0 Å². The number of amides is 1. The topological polar surface area (TPSA) is 80.5 Å². The van der Waals surface area contributed by atoms with Gasteiger partial charge in [0, 0.05) is 12.8 Å². The van der Waals surface area contributed by atoms with E-state index in [2.05, 4.69) is 0 Å². The van der Waals surface area contributed by atoms with Crippen LogP contribution in [0.2, 0.25) is 0 Å². The first-order valence-electron chi connectivity index (χ1n) is 4.58. The second kappa shape index (κ2) is 4.44. The number of likely N-dealkylation sites (tertiary alicyclic amines) is 1. The first kappa shape index (κ1) is 12.4. The summed E-state index contributed by atoms with van der Waals surface area (Å²) in [6.45, 7) is 0.538. The molecule has 5 nitrogen and oxygen atoms in total. The second-order valence-electron chi connectivity index (χ2n) is 3.72. The Hall–Kier alpha value is -0.690. The Bertz CT molecular complexity index is 377. The quantitative estimate of drug-likeness (QED) is 0.670. The van der Waals surface area contributed by atoms with Gasteiger partial charge in [-0.25, -0.2) is 8.42 Å². The maximum Gasteiger partial charge on any atom is 0.238 e. The van der Waals surface area contributed by atoms with Gasteiger partial charge in [0.1, 0.15) is 5.75 Å². The lowest BCUT2D eigenvalue weighted by molar-refractivity contribution is -0.128. The van der Waals surface area contributed by atoms with Gasteiger partial charge in [0.05, 0.1) is 11.0 Å². The molecular weight excluding hydrogens is 236 g/mol. The van der Waals surface area contributed by atoms with Crippen LogP contribution >= 0.6 is 12.2 Å². The van der Waals surface area contributed by atoms with Crippen LogP contribution in [0.3, 0.4) is 0 Å². The highest BCUT2D eigenvalue weighted by Gasteiger charge is 2.31. The number of hydrogen-bond donors (Lipinski definition) is 1. The van der Waals surface area contributed by atoms with E-state index >= 15 is 0 Å². The fraction of sp³-hybridized carbons (Fsp3) is 0.750. The van der Waals surface area contributed by atoms with Crippen molar-refractivity contribution in [3.63, 3.8) is 0 Å². The summed E-state index contributed by atoms with van der Waals surface area (Å²) in [5.41, 5.74) is 5.48. The molecule has 1 amide bonds. The lowest BCUT2D eigenvalue weighted by atomic mass is 10.2. The molecule has 0 bridgehead atoms. The predicted molar refractivity (Wildman–Crippen MR) is 61.2 cm³/mol. The minimum absolute atomic E-state index is 0.259. The highest BCUT2D eigenvalue weighted by atomic mass is 32.2. The fourth-order valence-electron chi connectivity index (χ4n) is 1.67. The van der Waals surface area contributed by atoms with Crippen molar-refractivity contribution in [2.75, 3.05) is 18.6 Å². The molecule has 1 fully saturated rings. The van der Waals surface area contributed by atoms with Crippen LogP contribution in [0.5, 0.6) is 0 Å². The standard InChI is InChI=1S/C8H14N2O3S2/c1-15(12,13)5-7(11)10-4-2-3-6(10)8(9)14/h6H,2-5H2,1H3,(H2,9,14). The summed E-state index contributed by atoms with van der Waals surface area (Å²) in [5, 5.41) is 0. The van der Waals surface area contributed by atoms with Gasteiger partial charge < -0.3 is 10.6 Å². The Morgan fingerprint density at radius 3 is 2.67 bits per heavy atom. The molecule has 0 spiro atoms. The van der Waals surface area contributed by atoms with Crippen LogP contribution in [0.1, 0.15) is 12.8 Å². The Morgan fingerprint density at radius 2 is 2.20 bits per heavy atom. The van der Waals surface area contributed by atoms with Gasteiger partial charge in [-0.15, -0.1) is 0 Å². The Morgan fingerprint density at radius 1 is 1.60 bits per heavy atom. The van der Waals surface area contributed by atoms with Crippen LogP contribution < -0.4 is 5.73 Å². The maximum atomic E-state index is 11.6. The molecule has 86 valence electrons. The predicted octanol–water partition coefficient (Wildman–Crippen LogP) is -0.692. The number of rotatable bonds is 3. The maximum absolute atomic E-state index is 11.6. The van der Waals surface area contributed by atoms with Crippen molar-refractivity contribution in [1.82, 2.24) is 4.90 Å². The van der Waals surface area contributed by atoms with Gasteiger partial charge in [0.15, 0.2) is 9.84 Å². The Balaban J connectivity index is 2.71. The smallest absolute Gasteiger partial charge is 0.238 e. The third kappa shape index (κ3) is 3.42. The van der Waals surface area contributed by atoms with Crippen molar-refractivity contribution in [3.8, 4) is 0 Å². The average Bonchev–Trinajstić information content (AvgIpc) is 2.47. The van der Waals surface area contributed by atoms with Crippen LogP contribution in [-0.4, -0.2) is 48.8 Å². The minimum Gasteiger partial charge on any atom is -0.392 e. The SMILES string of the molecule is CS(=O)(=O)CC(=O)N1CCCC1C(N)=S. The van der Waals surface area contributed by atoms with Gasteiger partial charge in [-0.1, -0.05) is 12.2 Å². The third-order valence-corrected chi connectivity index (χ3v) is 3.33. The molecule has 0 saturated carbocycles. The van der Waals surface area contributed by atoms with E-state index in [1.54, 1.807) is 0 Å². The van der Waals surface area contributed by atoms with Crippen molar-refractivity contribution in [2.24, 2.45) is 5.73 Å². The molecule has 2 N–H and O–H groups in total. The van der Waals surface area contributed by atoms with E-state index < -0.39 is 21.5 Å². The van der Waals surface area contributed by atoms with Crippen molar-refractivity contribution in [3.05, 3.63) is 0 Å². The van der Waals surface area contributed by atoms with Crippen LogP contribution in [0.15, 0.2) is 0 Å². The van der Waals surface area contributed by atoms with Crippen LogP contribution in [0, 0.1) is 0 Å². The second-order valence-corrected chi connectivity index (χ2v) is 6.33. The Kier molecular flexibility index (Phi) is 3.67. The molecule has 1 heterocycles. The van der Waals surface area contributed by atoms with Crippen molar-refractivity contribution in [2.45, 2.75) is 18.9 Å². The molecule has 0 aromatic heterocycles. The van der Waals surface area contributed by atoms with E-state index in [1.165, 1.54) is 4.90 Å². The largest absolute Gasteiger partial charge is 0.392 e. The summed E-state index contributed by atoms with van der Waals surface area (Å²) >= 11 is 4.83. The fourth-order valence-corrected chi connectivity index (χ4v) is 2.53. The molecule has 0 aromatic carbocycles. The van der Waals surface area contributed by atoms with Gasteiger partial charge in [0.25, 0.3) is 0 Å². The summed E-state index contributed by atoms with van der Waals surface area (Å²) in [7, 11) is -3.29. The van der Waals surface area contributed by atoms with E-state index in [9.17, 15) is 13.2 Å². The number of nitrogens with zero attached hydrogens (tertiary/aromatic N) is 1. The zero-order chi connectivity index (χ0) is 11.6. The van der Waals surface area contributed by atoms with E-state index in [0.717, 1.165) is 19.1 Å². The number of carbonyl (C=O) groups excluding carboxylic acids is 1. The molecule has 15 heavy (non-hydrogen) atoms. The molecule has 7 heteroatoms. The van der Waals surface area contributed by atoms with Gasteiger partial charge in [0.2, 0.25) is 5.91 Å². The van der Waals surface area contributed by atoms with E-state index in [0.29, 0.717) is 6.54 Å². The van der Waals surface area contributed by atoms with Gasteiger partial charge in [-0.3, -0.25) is 4.79 Å². The molecular formula is C8H14N2O3S2. The van der Waals surface area contributed by atoms with E-state index in [4.69, 9.17) is 18.0 Å². The molecule has 1 aliphatic rings. The van der Waals surface area contributed by atoms with Crippen molar-refractivity contribution < 1.29 is 13.2 Å².